The first-order valence-corrected chi connectivity index (χ1v) is 11.6. The van der Waals surface area contributed by atoms with Gasteiger partial charge in [0.1, 0.15) is 6.07 Å². The van der Waals surface area contributed by atoms with Gasteiger partial charge >= 0.3 is 0 Å². The second-order valence-electron chi connectivity index (χ2n) is 8.73. The third kappa shape index (κ3) is 6.96. The van der Waals surface area contributed by atoms with E-state index in [0.29, 0.717) is 11.4 Å². The van der Waals surface area contributed by atoms with E-state index < -0.39 is 0 Å². The zero-order valence-corrected chi connectivity index (χ0v) is 17.9. The molecule has 1 fully saturated rings. The Morgan fingerprint density at radius 2 is 1.48 bits per heavy atom. The van der Waals surface area contributed by atoms with Gasteiger partial charge in [-0.3, -0.25) is 0 Å². The maximum absolute atomic E-state index is 8.85. The standard InChI is InChI=1S/C26H35N3/c1-2-3-4-5-6-7-21-8-10-22(11-9-21)12-13-23-14-16-25(17-15-23)26-28-19-24(18-27)20-29-26/h14-17,19-22H,2-13H2,1H3/t21-,22-. The largest absolute Gasteiger partial charge is 0.235 e. The summed E-state index contributed by atoms with van der Waals surface area (Å²) < 4.78 is 0. The lowest BCUT2D eigenvalue weighted by molar-refractivity contribution is 0.248. The summed E-state index contributed by atoms with van der Waals surface area (Å²) in [6.07, 6.45) is 19.9. The molecule has 0 radical (unpaired) electrons. The van der Waals surface area contributed by atoms with Crippen LogP contribution in [0.4, 0.5) is 0 Å². The second-order valence-corrected chi connectivity index (χ2v) is 8.73. The van der Waals surface area contributed by atoms with E-state index in [1.807, 2.05) is 0 Å². The second kappa shape index (κ2) is 11.7. The fourth-order valence-electron chi connectivity index (χ4n) is 4.57. The molecular formula is C26H35N3. The van der Waals surface area contributed by atoms with Crippen LogP contribution >= 0.6 is 0 Å². The molecule has 0 spiro atoms. The van der Waals surface area contributed by atoms with Crippen LogP contribution in [-0.4, -0.2) is 9.97 Å². The van der Waals surface area contributed by atoms with Gasteiger partial charge in [0.15, 0.2) is 5.82 Å². The minimum atomic E-state index is 0.497. The summed E-state index contributed by atoms with van der Waals surface area (Å²) in [6.45, 7) is 2.29. The van der Waals surface area contributed by atoms with Crippen LogP contribution in [0.25, 0.3) is 11.4 Å². The van der Waals surface area contributed by atoms with Gasteiger partial charge in [-0.05, 0) is 30.2 Å². The van der Waals surface area contributed by atoms with Crippen LogP contribution in [0.15, 0.2) is 36.7 Å². The van der Waals surface area contributed by atoms with Crippen molar-refractivity contribution < 1.29 is 0 Å². The van der Waals surface area contributed by atoms with Gasteiger partial charge in [-0.1, -0.05) is 95.4 Å². The van der Waals surface area contributed by atoms with E-state index >= 15 is 0 Å². The molecule has 0 amide bonds. The number of rotatable bonds is 10. The molecule has 154 valence electrons. The summed E-state index contributed by atoms with van der Waals surface area (Å²) in [5.41, 5.74) is 2.91. The Morgan fingerprint density at radius 1 is 0.862 bits per heavy atom. The van der Waals surface area contributed by atoms with E-state index in [4.69, 9.17) is 5.26 Å². The number of benzene rings is 1. The molecule has 1 aliphatic carbocycles. The van der Waals surface area contributed by atoms with E-state index in [-0.39, 0.29) is 0 Å². The SMILES string of the molecule is CCCCCCC[C@H]1CC[C@H](CCc2ccc(-c3ncc(C#N)cn3)cc2)CC1. The van der Waals surface area contributed by atoms with Gasteiger partial charge < -0.3 is 0 Å². The first-order valence-electron chi connectivity index (χ1n) is 11.6. The molecule has 1 saturated carbocycles. The summed E-state index contributed by atoms with van der Waals surface area (Å²) in [4.78, 5) is 8.56. The van der Waals surface area contributed by atoms with Crippen LogP contribution in [0, 0.1) is 23.2 Å². The summed E-state index contributed by atoms with van der Waals surface area (Å²) >= 11 is 0. The molecule has 2 aromatic rings. The molecule has 3 nitrogen and oxygen atoms in total. The molecule has 0 unspecified atom stereocenters. The van der Waals surface area contributed by atoms with E-state index in [2.05, 4.69) is 47.2 Å². The lowest BCUT2D eigenvalue weighted by atomic mass is 9.77. The van der Waals surface area contributed by atoms with Crippen LogP contribution in [0.5, 0.6) is 0 Å². The van der Waals surface area contributed by atoms with E-state index in [9.17, 15) is 0 Å². The molecule has 1 aliphatic rings. The van der Waals surface area contributed by atoms with Crippen molar-refractivity contribution in [2.75, 3.05) is 0 Å². The fraction of sp³-hybridized carbons (Fsp3) is 0.577. The van der Waals surface area contributed by atoms with Gasteiger partial charge in [-0.2, -0.15) is 5.26 Å². The van der Waals surface area contributed by atoms with Crippen molar-refractivity contribution in [1.29, 1.82) is 5.26 Å². The third-order valence-electron chi connectivity index (χ3n) is 6.52. The Labute approximate surface area is 176 Å². The van der Waals surface area contributed by atoms with Crippen molar-refractivity contribution in [3.63, 3.8) is 0 Å². The number of hydrogen-bond donors (Lipinski definition) is 0. The monoisotopic (exact) mass is 389 g/mol. The van der Waals surface area contributed by atoms with Crippen molar-refractivity contribution in [3.05, 3.63) is 47.8 Å². The minimum Gasteiger partial charge on any atom is -0.235 e. The summed E-state index contributed by atoms with van der Waals surface area (Å²) in [5.74, 6) is 2.59. The van der Waals surface area contributed by atoms with E-state index in [1.54, 1.807) is 12.4 Å². The normalized spacial score (nSPS) is 19.0. The lowest BCUT2D eigenvalue weighted by Crippen LogP contribution is -2.15. The average Bonchev–Trinajstić information content (AvgIpc) is 2.79. The molecule has 3 rings (SSSR count). The van der Waals surface area contributed by atoms with Gasteiger partial charge in [0.2, 0.25) is 0 Å². The zero-order valence-electron chi connectivity index (χ0n) is 17.9. The summed E-state index contributed by atoms with van der Waals surface area (Å²) in [7, 11) is 0. The van der Waals surface area contributed by atoms with E-state index in [1.165, 1.54) is 82.6 Å². The third-order valence-corrected chi connectivity index (χ3v) is 6.52. The van der Waals surface area contributed by atoms with Crippen LogP contribution in [-0.2, 0) is 6.42 Å². The highest BCUT2D eigenvalue weighted by Crippen LogP contribution is 2.34. The predicted molar refractivity (Wildman–Crippen MR) is 119 cm³/mol. The van der Waals surface area contributed by atoms with Crippen molar-refractivity contribution in [1.82, 2.24) is 9.97 Å². The molecule has 0 aliphatic heterocycles. The molecule has 1 aromatic carbocycles. The van der Waals surface area contributed by atoms with Crippen molar-refractivity contribution in [3.8, 4) is 17.5 Å². The highest BCUT2D eigenvalue weighted by molar-refractivity contribution is 5.55. The Hall–Kier alpha value is -2.21. The van der Waals surface area contributed by atoms with Crippen molar-refractivity contribution in [2.24, 2.45) is 11.8 Å². The molecule has 0 bridgehead atoms. The van der Waals surface area contributed by atoms with Gasteiger partial charge in [-0.15, -0.1) is 0 Å². The maximum Gasteiger partial charge on any atom is 0.159 e. The molecule has 1 heterocycles. The van der Waals surface area contributed by atoms with Gasteiger partial charge in [0.25, 0.3) is 0 Å². The summed E-state index contributed by atoms with van der Waals surface area (Å²) in [6, 6.07) is 10.7. The fourth-order valence-corrected chi connectivity index (χ4v) is 4.57. The number of unbranched alkanes of at least 4 members (excludes halogenated alkanes) is 4. The van der Waals surface area contributed by atoms with Crippen LogP contribution in [0.2, 0.25) is 0 Å². The number of nitrogens with zero attached hydrogens (tertiary/aromatic N) is 3. The Balaban J connectivity index is 1.37. The zero-order chi connectivity index (χ0) is 20.3. The van der Waals surface area contributed by atoms with Gasteiger partial charge in [-0.25, -0.2) is 9.97 Å². The predicted octanol–water partition coefficient (Wildman–Crippen LogP) is 7.11. The number of nitriles is 1. The van der Waals surface area contributed by atoms with Crippen LogP contribution in [0.3, 0.4) is 0 Å². The maximum atomic E-state index is 8.85. The molecule has 29 heavy (non-hydrogen) atoms. The Bertz CT molecular complexity index is 750. The first kappa shape index (κ1) is 21.5. The molecule has 0 saturated heterocycles. The lowest BCUT2D eigenvalue weighted by Gasteiger charge is -2.28. The highest BCUT2D eigenvalue weighted by atomic mass is 14.9. The van der Waals surface area contributed by atoms with Gasteiger partial charge in [0.05, 0.1) is 5.56 Å². The van der Waals surface area contributed by atoms with Crippen molar-refractivity contribution >= 4 is 0 Å². The topological polar surface area (TPSA) is 49.6 Å². The molecular weight excluding hydrogens is 354 g/mol. The Morgan fingerprint density at radius 3 is 2.10 bits per heavy atom. The number of hydrogen-bond acceptors (Lipinski definition) is 3. The molecule has 3 heteroatoms. The van der Waals surface area contributed by atoms with Crippen LogP contribution in [0.1, 0.15) is 88.7 Å². The quantitative estimate of drug-likeness (QED) is 0.407. The van der Waals surface area contributed by atoms with E-state index in [0.717, 1.165) is 17.4 Å². The van der Waals surface area contributed by atoms with Gasteiger partial charge in [0, 0.05) is 18.0 Å². The number of aryl methyl sites for hydroxylation is 1. The average molecular weight is 390 g/mol. The van der Waals surface area contributed by atoms with Crippen LogP contribution < -0.4 is 0 Å². The summed E-state index contributed by atoms with van der Waals surface area (Å²) in [5, 5.41) is 8.85. The Kier molecular flexibility index (Phi) is 8.68. The smallest absolute Gasteiger partial charge is 0.159 e. The minimum absolute atomic E-state index is 0.497. The number of aromatic nitrogens is 2. The van der Waals surface area contributed by atoms with Crippen molar-refractivity contribution in [2.45, 2.75) is 84.0 Å². The molecule has 0 atom stereocenters. The molecule has 0 N–H and O–H groups in total. The molecule has 1 aromatic heterocycles. The highest BCUT2D eigenvalue weighted by Gasteiger charge is 2.20. The first-order chi connectivity index (χ1) is 14.3.